The molecule has 0 aromatic rings. The van der Waals surface area contributed by atoms with Crippen LogP contribution in [0.1, 0.15) is 32.6 Å². The first-order valence-corrected chi connectivity index (χ1v) is 5.84. The Morgan fingerprint density at radius 3 is 2.80 bits per heavy atom. The topological polar surface area (TPSA) is 61.7 Å². The normalized spacial score (nSPS) is 31.0. The van der Waals surface area contributed by atoms with E-state index in [4.69, 9.17) is 9.84 Å². The summed E-state index contributed by atoms with van der Waals surface area (Å²) in [7, 11) is 0. The Morgan fingerprint density at radius 1 is 1.40 bits per heavy atom. The molecule has 1 rings (SSSR count). The lowest BCUT2D eigenvalue weighted by Gasteiger charge is -2.26. The van der Waals surface area contributed by atoms with Crippen LogP contribution in [-0.4, -0.2) is 48.2 Å². The minimum atomic E-state index is -0.684. The Kier molecular flexibility index (Phi) is 5.53. The smallest absolute Gasteiger partial charge is 0.105 e. The number of aliphatic hydroxyl groups is 2. The van der Waals surface area contributed by atoms with Gasteiger partial charge in [0.1, 0.15) is 5.60 Å². The van der Waals surface area contributed by atoms with Crippen LogP contribution in [-0.2, 0) is 4.74 Å². The van der Waals surface area contributed by atoms with Crippen LogP contribution >= 0.6 is 0 Å². The number of rotatable bonds is 7. The molecular formula is C11H23NO3. The molecule has 1 saturated heterocycles. The fraction of sp³-hybridized carbons (Fsp3) is 1.00. The molecule has 2 unspecified atom stereocenters. The van der Waals surface area contributed by atoms with Crippen LogP contribution in [0.2, 0.25) is 0 Å². The van der Waals surface area contributed by atoms with E-state index in [-0.39, 0.29) is 12.7 Å². The maximum absolute atomic E-state index is 10.1. The number of nitrogens with one attached hydrogen (secondary N) is 1. The number of aliphatic hydroxyl groups excluding tert-OH is 1. The van der Waals surface area contributed by atoms with Crippen molar-refractivity contribution < 1.29 is 14.9 Å². The standard InChI is InChI=1S/C11H23NO3/c1-10-11(14,5-8-15-10)9-12-6-3-2-4-7-13/h10,12-14H,2-9H2,1H3. The number of unbranched alkanes of at least 4 members (excludes halogenated alkanes) is 2. The molecule has 0 aromatic heterocycles. The summed E-state index contributed by atoms with van der Waals surface area (Å²) in [6, 6.07) is 0. The molecule has 0 bridgehead atoms. The molecule has 4 nitrogen and oxygen atoms in total. The first-order valence-electron chi connectivity index (χ1n) is 5.84. The summed E-state index contributed by atoms with van der Waals surface area (Å²) >= 11 is 0. The van der Waals surface area contributed by atoms with Crippen LogP contribution in [0.15, 0.2) is 0 Å². The van der Waals surface area contributed by atoms with Gasteiger partial charge in [0.25, 0.3) is 0 Å². The summed E-state index contributed by atoms with van der Waals surface area (Å²) in [6.45, 7) is 4.35. The summed E-state index contributed by atoms with van der Waals surface area (Å²) in [5.41, 5.74) is -0.684. The first kappa shape index (κ1) is 12.9. The molecule has 0 amide bonds. The van der Waals surface area contributed by atoms with Gasteiger partial charge < -0.3 is 20.3 Å². The predicted molar refractivity (Wildman–Crippen MR) is 58.8 cm³/mol. The molecule has 1 heterocycles. The second-order valence-electron chi connectivity index (χ2n) is 4.33. The van der Waals surface area contributed by atoms with E-state index in [0.717, 1.165) is 32.2 Å². The van der Waals surface area contributed by atoms with Gasteiger partial charge in [0.05, 0.1) is 6.10 Å². The van der Waals surface area contributed by atoms with Crippen molar-refractivity contribution in [3.63, 3.8) is 0 Å². The Labute approximate surface area is 91.6 Å². The van der Waals surface area contributed by atoms with E-state index in [0.29, 0.717) is 13.2 Å². The van der Waals surface area contributed by atoms with Crippen LogP contribution in [0, 0.1) is 0 Å². The van der Waals surface area contributed by atoms with Gasteiger partial charge in [-0.3, -0.25) is 0 Å². The summed E-state index contributed by atoms with van der Waals surface area (Å²) in [5.74, 6) is 0. The quantitative estimate of drug-likeness (QED) is 0.536. The summed E-state index contributed by atoms with van der Waals surface area (Å²) in [5, 5.41) is 22.0. The molecule has 1 aliphatic rings. The van der Waals surface area contributed by atoms with Crippen molar-refractivity contribution in [1.82, 2.24) is 5.32 Å². The lowest BCUT2D eigenvalue weighted by atomic mass is 9.97. The van der Waals surface area contributed by atoms with Gasteiger partial charge in [-0.15, -0.1) is 0 Å². The molecular weight excluding hydrogens is 194 g/mol. The monoisotopic (exact) mass is 217 g/mol. The Morgan fingerprint density at radius 2 is 2.20 bits per heavy atom. The van der Waals surface area contributed by atoms with E-state index < -0.39 is 5.60 Å². The van der Waals surface area contributed by atoms with E-state index in [1.165, 1.54) is 0 Å². The molecule has 0 aromatic carbocycles. The van der Waals surface area contributed by atoms with Crippen molar-refractivity contribution in [2.45, 2.75) is 44.3 Å². The summed E-state index contributed by atoms with van der Waals surface area (Å²) in [4.78, 5) is 0. The van der Waals surface area contributed by atoms with E-state index in [1.54, 1.807) is 0 Å². The molecule has 15 heavy (non-hydrogen) atoms. The SMILES string of the molecule is CC1OCCC1(O)CNCCCCCO. The molecule has 0 aliphatic carbocycles. The van der Waals surface area contributed by atoms with Crippen LogP contribution in [0.25, 0.3) is 0 Å². The minimum absolute atomic E-state index is 0.0672. The fourth-order valence-corrected chi connectivity index (χ4v) is 1.85. The zero-order valence-corrected chi connectivity index (χ0v) is 9.54. The number of ether oxygens (including phenoxy) is 1. The average Bonchev–Trinajstić information content (AvgIpc) is 2.54. The van der Waals surface area contributed by atoms with Gasteiger partial charge in [0, 0.05) is 26.2 Å². The molecule has 1 aliphatic heterocycles. The van der Waals surface area contributed by atoms with Gasteiger partial charge in [-0.05, 0) is 32.7 Å². The van der Waals surface area contributed by atoms with Gasteiger partial charge in [-0.1, -0.05) is 0 Å². The maximum atomic E-state index is 10.1. The third-order valence-electron chi connectivity index (χ3n) is 3.10. The average molecular weight is 217 g/mol. The molecule has 0 radical (unpaired) electrons. The highest BCUT2D eigenvalue weighted by molar-refractivity contribution is 4.91. The summed E-state index contributed by atoms with van der Waals surface area (Å²) in [6.07, 6.45) is 3.60. The second kappa shape index (κ2) is 6.43. The second-order valence-corrected chi connectivity index (χ2v) is 4.33. The molecule has 0 spiro atoms. The van der Waals surface area contributed by atoms with Gasteiger partial charge in [0.2, 0.25) is 0 Å². The predicted octanol–water partition coefficient (Wildman–Crippen LogP) is 0.278. The van der Waals surface area contributed by atoms with E-state index >= 15 is 0 Å². The highest BCUT2D eigenvalue weighted by Crippen LogP contribution is 2.24. The Bertz CT molecular complexity index is 177. The van der Waals surface area contributed by atoms with Gasteiger partial charge in [-0.25, -0.2) is 0 Å². The van der Waals surface area contributed by atoms with E-state index in [2.05, 4.69) is 5.32 Å². The van der Waals surface area contributed by atoms with Crippen molar-refractivity contribution in [2.24, 2.45) is 0 Å². The molecule has 90 valence electrons. The zero-order valence-electron chi connectivity index (χ0n) is 9.54. The molecule has 3 N–H and O–H groups in total. The van der Waals surface area contributed by atoms with Crippen LogP contribution in [0.3, 0.4) is 0 Å². The third-order valence-corrected chi connectivity index (χ3v) is 3.10. The van der Waals surface area contributed by atoms with Gasteiger partial charge >= 0.3 is 0 Å². The van der Waals surface area contributed by atoms with E-state index in [9.17, 15) is 5.11 Å². The third kappa shape index (κ3) is 4.07. The number of hydrogen-bond acceptors (Lipinski definition) is 4. The highest BCUT2D eigenvalue weighted by Gasteiger charge is 2.38. The van der Waals surface area contributed by atoms with Crippen LogP contribution in [0.4, 0.5) is 0 Å². The van der Waals surface area contributed by atoms with E-state index in [1.807, 2.05) is 6.92 Å². The molecule has 0 saturated carbocycles. The molecule has 2 atom stereocenters. The van der Waals surface area contributed by atoms with Crippen molar-refractivity contribution in [2.75, 3.05) is 26.3 Å². The zero-order chi connectivity index (χ0) is 11.1. The van der Waals surface area contributed by atoms with Gasteiger partial charge in [0.15, 0.2) is 0 Å². The fourth-order valence-electron chi connectivity index (χ4n) is 1.85. The van der Waals surface area contributed by atoms with Crippen LogP contribution in [0.5, 0.6) is 0 Å². The lowest BCUT2D eigenvalue weighted by molar-refractivity contribution is -0.0260. The van der Waals surface area contributed by atoms with Crippen LogP contribution < -0.4 is 5.32 Å². The Balaban J connectivity index is 2.04. The van der Waals surface area contributed by atoms with Gasteiger partial charge in [-0.2, -0.15) is 0 Å². The molecule has 1 fully saturated rings. The minimum Gasteiger partial charge on any atom is -0.396 e. The van der Waals surface area contributed by atoms with Crippen molar-refractivity contribution in [1.29, 1.82) is 0 Å². The first-order chi connectivity index (χ1) is 7.19. The largest absolute Gasteiger partial charge is 0.396 e. The lowest BCUT2D eigenvalue weighted by Crippen LogP contribution is -2.46. The highest BCUT2D eigenvalue weighted by atomic mass is 16.5. The maximum Gasteiger partial charge on any atom is 0.105 e. The van der Waals surface area contributed by atoms with Crippen molar-refractivity contribution in [3.8, 4) is 0 Å². The van der Waals surface area contributed by atoms with Crippen molar-refractivity contribution in [3.05, 3.63) is 0 Å². The summed E-state index contributed by atoms with van der Waals surface area (Å²) < 4.78 is 5.34. The molecule has 4 heteroatoms. The number of hydrogen-bond donors (Lipinski definition) is 3. The van der Waals surface area contributed by atoms with Crippen molar-refractivity contribution >= 4 is 0 Å². The Hall–Kier alpha value is -0.160.